The summed E-state index contributed by atoms with van der Waals surface area (Å²) >= 11 is 0. The van der Waals surface area contributed by atoms with Crippen LogP contribution in [0.2, 0.25) is 0 Å². The third kappa shape index (κ3) is 5.78. The fourth-order valence-electron chi connectivity index (χ4n) is 5.24. The average Bonchev–Trinajstić information content (AvgIpc) is 3.50. The van der Waals surface area contributed by atoms with Crippen molar-refractivity contribution in [2.24, 2.45) is 0 Å². The molecule has 1 aromatic heterocycles. The molecule has 2 aromatic carbocycles. The maximum absolute atomic E-state index is 13.4. The third-order valence-electron chi connectivity index (χ3n) is 7.00. The normalized spacial score (nSPS) is 18.6. The molecule has 5 rings (SSSR count). The maximum atomic E-state index is 13.4. The van der Waals surface area contributed by atoms with Crippen LogP contribution in [0.25, 0.3) is 10.9 Å². The molecular formula is C27H34ClN3O6S. The maximum Gasteiger partial charge on any atom is 0.323 e. The van der Waals surface area contributed by atoms with E-state index in [4.69, 9.17) is 9.47 Å². The average molecular weight is 564 g/mol. The molecule has 3 aromatic rings. The van der Waals surface area contributed by atoms with Crippen molar-refractivity contribution >= 4 is 45.0 Å². The van der Waals surface area contributed by atoms with Gasteiger partial charge in [-0.1, -0.05) is 6.07 Å². The Hall–Kier alpha value is -2.79. The van der Waals surface area contributed by atoms with E-state index in [1.165, 1.54) is 4.31 Å². The summed E-state index contributed by atoms with van der Waals surface area (Å²) in [7, 11) is -3.65. The Morgan fingerprint density at radius 2 is 1.82 bits per heavy atom. The highest BCUT2D eigenvalue weighted by molar-refractivity contribution is 7.89. The number of fused-ring (bicyclic) bond motifs is 1. The molecule has 11 heteroatoms. The predicted molar refractivity (Wildman–Crippen MR) is 148 cm³/mol. The molecule has 0 radical (unpaired) electrons. The molecule has 1 atom stereocenters. The summed E-state index contributed by atoms with van der Waals surface area (Å²) in [4.78, 5) is 14.1. The summed E-state index contributed by atoms with van der Waals surface area (Å²) in [5, 5.41) is 10.5. The summed E-state index contributed by atoms with van der Waals surface area (Å²) in [5.41, 5.74) is 2.87. The van der Waals surface area contributed by atoms with Crippen LogP contribution in [-0.4, -0.2) is 73.9 Å². The van der Waals surface area contributed by atoms with E-state index in [0.717, 1.165) is 35.2 Å². The number of rotatable bonds is 8. The summed E-state index contributed by atoms with van der Waals surface area (Å²) in [6, 6.07) is 12.7. The zero-order chi connectivity index (χ0) is 26.2. The number of sulfonamides is 1. The van der Waals surface area contributed by atoms with E-state index >= 15 is 0 Å². The van der Waals surface area contributed by atoms with Crippen molar-refractivity contribution in [1.82, 2.24) is 8.87 Å². The molecule has 206 valence electrons. The molecule has 2 aliphatic rings. The Bertz CT molecular complexity index is 1380. The number of morpholine rings is 1. The number of benzene rings is 2. The highest BCUT2D eigenvalue weighted by atomic mass is 35.5. The number of nitrogens with zero attached hydrogens (tertiary/aromatic N) is 3. The first-order chi connectivity index (χ1) is 17.7. The Balaban J connectivity index is 0.00000336. The molecule has 3 heterocycles. The Morgan fingerprint density at radius 3 is 2.47 bits per heavy atom. The SMILES string of the molecule is CC(C)Oc1ccc(S(=O)(=O)N2CCC(c3cn(CC(=O)O)c4cc(N5CCOCC5)ccc34)C2)cc1.Cl. The highest BCUT2D eigenvalue weighted by Crippen LogP contribution is 2.37. The Kier molecular flexibility index (Phi) is 8.56. The fourth-order valence-corrected chi connectivity index (χ4v) is 6.74. The lowest BCUT2D eigenvalue weighted by molar-refractivity contribution is -0.137. The van der Waals surface area contributed by atoms with Gasteiger partial charge in [0.25, 0.3) is 0 Å². The topological polar surface area (TPSA) is 101 Å². The van der Waals surface area contributed by atoms with E-state index in [-0.39, 0.29) is 35.9 Å². The van der Waals surface area contributed by atoms with Crippen LogP contribution in [0, 0.1) is 0 Å². The van der Waals surface area contributed by atoms with Gasteiger partial charge in [-0.2, -0.15) is 4.31 Å². The van der Waals surface area contributed by atoms with Crippen LogP contribution in [0.1, 0.15) is 31.7 Å². The molecule has 9 nitrogen and oxygen atoms in total. The molecule has 38 heavy (non-hydrogen) atoms. The molecule has 1 unspecified atom stereocenters. The number of ether oxygens (including phenoxy) is 2. The number of halogens is 1. The smallest absolute Gasteiger partial charge is 0.323 e. The Labute approximate surface area is 229 Å². The van der Waals surface area contributed by atoms with Gasteiger partial charge in [-0.25, -0.2) is 8.42 Å². The summed E-state index contributed by atoms with van der Waals surface area (Å²) in [5.74, 6) is -0.304. The van der Waals surface area contributed by atoms with Crippen molar-refractivity contribution < 1.29 is 27.8 Å². The van der Waals surface area contributed by atoms with Crippen molar-refractivity contribution in [2.75, 3.05) is 44.3 Å². The lowest BCUT2D eigenvalue weighted by Crippen LogP contribution is -2.36. The number of aliphatic carboxylic acids is 1. The van der Waals surface area contributed by atoms with Gasteiger partial charge in [-0.3, -0.25) is 4.79 Å². The van der Waals surface area contributed by atoms with E-state index in [1.807, 2.05) is 32.2 Å². The van der Waals surface area contributed by atoms with Crippen LogP contribution in [0.4, 0.5) is 5.69 Å². The summed E-state index contributed by atoms with van der Waals surface area (Å²) in [6.07, 6.45) is 2.57. The van der Waals surface area contributed by atoms with Crippen molar-refractivity contribution in [3.8, 4) is 5.75 Å². The number of carbonyl (C=O) groups is 1. The monoisotopic (exact) mass is 563 g/mol. The number of hydrogen-bond acceptors (Lipinski definition) is 6. The molecule has 0 aliphatic carbocycles. The molecule has 2 saturated heterocycles. The summed E-state index contributed by atoms with van der Waals surface area (Å²) < 4.78 is 41.1. The minimum absolute atomic E-state index is 0. The minimum atomic E-state index is -3.65. The largest absolute Gasteiger partial charge is 0.491 e. The van der Waals surface area contributed by atoms with E-state index in [9.17, 15) is 18.3 Å². The number of carboxylic acids is 1. The predicted octanol–water partition coefficient (Wildman–Crippen LogP) is 3.95. The fraction of sp³-hybridized carbons (Fsp3) is 0.444. The zero-order valence-corrected chi connectivity index (χ0v) is 23.2. The van der Waals surface area contributed by atoms with Crippen LogP contribution < -0.4 is 9.64 Å². The molecule has 0 amide bonds. The van der Waals surface area contributed by atoms with Crippen LogP contribution in [0.15, 0.2) is 53.6 Å². The third-order valence-corrected chi connectivity index (χ3v) is 8.88. The molecule has 0 bridgehead atoms. The van der Waals surface area contributed by atoms with Crippen LogP contribution in [0.5, 0.6) is 5.75 Å². The molecule has 1 N–H and O–H groups in total. The molecule has 0 spiro atoms. The number of anilines is 1. The first kappa shape index (κ1) is 28.2. The van der Waals surface area contributed by atoms with Crippen LogP contribution in [0.3, 0.4) is 0 Å². The van der Waals surface area contributed by atoms with Crippen LogP contribution >= 0.6 is 12.4 Å². The lowest BCUT2D eigenvalue weighted by Gasteiger charge is -2.29. The van der Waals surface area contributed by atoms with Gasteiger partial charge in [0.15, 0.2) is 0 Å². The lowest BCUT2D eigenvalue weighted by atomic mass is 9.98. The highest BCUT2D eigenvalue weighted by Gasteiger charge is 2.34. The van der Waals surface area contributed by atoms with Gasteiger partial charge in [0.2, 0.25) is 10.0 Å². The quantitative estimate of drug-likeness (QED) is 0.443. The van der Waals surface area contributed by atoms with Crippen molar-refractivity contribution in [3.63, 3.8) is 0 Å². The second-order valence-electron chi connectivity index (χ2n) is 9.89. The number of carboxylic acid groups (broad SMARTS) is 1. The molecular weight excluding hydrogens is 530 g/mol. The number of hydrogen-bond donors (Lipinski definition) is 1. The molecule has 0 saturated carbocycles. The second kappa shape index (κ2) is 11.5. The summed E-state index contributed by atoms with van der Waals surface area (Å²) in [6.45, 7) is 7.37. The first-order valence-corrected chi connectivity index (χ1v) is 14.1. The Morgan fingerprint density at radius 1 is 1.11 bits per heavy atom. The van der Waals surface area contributed by atoms with Gasteiger partial charge in [-0.05, 0) is 62.2 Å². The van der Waals surface area contributed by atoms with E-state index in [2.05, 4.69) is 11.0 Å². The van der Waals surface area contributed by atoms with Gasteiger partial charge in [0.05, 0.1) is 29.7 Å². The van der Waals surface area contributed by atoms with E-state index in [1.54, 1.807) is 28.8 Å². The second-order valence-corrected chi connectivity index (χ2v) is 11.8. The van der Waals surface area contributed by atoms with Crippen molar-refractivity contribution in [1.29, 1.82) is 0 Å². The van der Waals surface area contributed by atoms with E-state index in [0.29, 0.717) is 38.5 Å². The van der Waals surface area contributed by atoms with Crippen molar-refractivity contribution in [3.05, 3.63) is 54.2 Å². The van der Waals surface area contributed by atoms with Gasteiger partial charge in [0.1, 0.15) is 12.3 Å². The van der Waals surface area contributed by atoms with Gasteiger partial charge >= 0.3 is 5.97 Å². The van der Waals surface area contributed by atoms with Gasteiger partial charge in [-0.15, -0.1) is 12.4 Å². The van der Waals surface area contributed by atoms with Crippen LogP contribution in [-0.2, 0) is 26.1 Å². The van der Waals surface area contributed by atoms with Gasteiger partial charge in [0, 0.05) is 49.4 Å². The number of aromatic nitrogens is 1. The standard InChI is InChI=1S/C27H33N3O6S.ClH/c1-19(2)36-22-4-6-23(7-5-22)37(33,34)30-10-9-20(16-30)25-17-29(18-27(31)32)26-15-21(3-8-24(25)26)28-11-13-35-14-12-28;/h3-8,15,17,19-20H,9-14,16,18H2,1-2H3,(H,31,32);1H. The molecule has 2 fully saturated rings. The van der Waals surface area contributed by atoms with Gasteiger partial charge < -0.3 is 24.0 Å². The molecule has 2 aliphatic heterocycles. The minimum Gasteiger partial charge on any atom is -0.491 e. The first-order valence-electron chi connectivity index (χ1n) is 12.7. The van der Waals surface area contributed by atoms with Crippen molar-refractivity contribution in [2.45, 2.75) is 43.7 Å². The van der Waals surface area contributed by atoms with E-state index < -0.39 is 16.0 Å². The zero-order valence-electron chi connectivity index (χ0n) is 21.6.